The highest BCUT2D eigenvalue weighted by molar-refractivity contribution is 6.35. The van der Waals surface area contributed by atoms with Crippen LogP contribution in [0.15, 0.2) is 18.3 Å². The van der Waals surface area contributed by atoms with Crippen molar-refractivity contribution in [3.8, 4) is 0 Å². The zero-order chi connectivity index (χ0) is 12.4. The Morgan fingerprint density at radius 2 is 2.24 bits per heavy atom. The molecule has 0 aliphatic carbocycles. The van der Waals surface area contributed by atoms with E-state index < -0.39 is 0 Å². The normalized spacial score (nSPS) is 10.3. The van der Waals surface area contributed by atoms with Crippen LogP contribution in [0, 0.1) is 6.92 Å². The van der Waals surface area contributed by atoms with Crippen LogP contribution < -0.4 is 5.32 Å². The Bertz CT molecular complexity index is 530. The minimum atomic E-state index is -0.336. The summed E-state index contributed by atoms with van der Waals surface area (Å²) < 4.78 is 0. The number of carbonyl (C=O) groups is 1. The van der Waals surface area contributed by atoms with Crippen molar-refractivity contribution in [3.63, 3.8) is 0 Å². The number of nitrogens with one attached hydrogen (secondary N) is 2. The van der Waals surface area contributed by atoms with Crippen molar-refractivity contribution < 1.29 is 4.79 Å². The average Bonchev–Trinajstić information content (AvgIpc) is 2.76. The molecule has 0 atom stereocenters. The molecule has 0 unspecified atom stereocenters. The smallest absolute Gasteiger partial charge is 0.273 e. The highest BCUT2D eigenvalue weighted by Crippen LogP contribution is 2.26. The maximum atomic E-state index is 11.8. The Hall–Kier alpha value is -1.59. The van der Waals surface area contributed by atoms with Gasteiger partial charge in [-0.15, -0.1) is 0 Å². The number of aromatic amines is 1. The largest absolute Gasteiger partial charge is 0.318 e. The first kappa shape index (κ1) is 11.9. The number of carbonyl (C=O) groups excluding carboxylic acids is 1. The molecule has 0 spiro atoms. The van der Waals surface area contributed by atoms with Crippen molar-refractivity contribution in [1.29, 1.82) is 0 Å². The number of aryl methyl sites for hydroxylation is 1. The number of anilines is 1. The molecule has 1 amide bonds. The summed E-state index contributed by atoms with van der Waals surface area (Å²) in [5.41, 5.74) is 1.52. The second-order valence-corrected chi connectivity index (χ2v) is 4.10. The summed E-state index contributed by atoms with van der Waals surface area (Å²) in [6.07, 6.45) is 1.49. The van der Waals surface area contributed by atoms with E-state index in [4.69, 9.17) is 23.2 Å². The van der Waals surface area contributed by atoms with Gasteiger partial charge in [0.1, 0.15) is 10.8 Å². The van der Waals surface area contributed by atoms with E-state index >= 15 is 0 Å². The fraction of sp³-hybridized carbons (Fsp3) is 0.100. The molecule has 0 aliphatic heterocycles. The molecule has 0 saturated carbocycles. The fourth-order valence-corrected chi connectivity index (χ4v) is 1.89. The van der Waals surface area contributed by atoms with Crippen LogP contribution in [0.1, 0.15) is 16.1 Å². The van der Waals surface area contributed by atoms with Crippen LogP contribution in [-0.4, -0.2) is 21.1 Å². The van der Waals surface area contributed by atoms with Crippen molar-refractivity contribution in [2.75, 3.05) is 5.32 Å². The summed E-state index contributed by atoms with van der Waals surface area (Å²) in [4.78, 5) is 15.6. The van der Waals surface area contributed by atoms with Crippen molar-refractivity contribution in [1.82, 2.24) is 15.2 Å². The van der Waals surface area contributed by atoms with Crippen molar-refractivity contribution in [3.05, 3.63) is 39.9 Å². The van der Waals surface area contributed by atoms with Gasteiger partial charge in [-0.3, -0.25) is 9.89 Å². The molecule has 2 aromatic heterocycles. The molecular weight excluding hydrogens is 263 g/mol. The molecule has 7 heteroatoms. The number of nitrogens with zero attached hydrogens (tertiary/aromatic N) is 2. The van der Waals surface area contributed by atoms with Gasteiger partial charge in [0.05, 0.1) is 5.69 Å². The second kappa shape index (κ2) is 4.73. The summed E-state index contributed by atoms with van der Waals surface area (Å²) >= 11 is 11.6. The number of halogens is 2. The van der Waals surface area contributed by atoms with Crippen molar-refractivity contribution in [2.45, 2.75) is 6.92 Å². The average molecular weight is 271 g/mol. The van der Waals surface area contributed by atoms with E-state index in [1.165, 1.54) is 6.20 Å². The van der Waals surface area contributed by atoms with Crippen LogP contribution in [0.5, 0.6) is 0 Å². The molecule has 88 valence electrons. The maximum absolute atomic E-state index is 11.8. The van der Waals surface area contributed by atoms with Gasteiger partial charge in [-0.2, -0.15) is 5.10 Å². The summed E-state index contributed by atoms with van der Waals surface area (Å²) in [5, 5.41) is 9.33. The standard InChI is InChI=1S/C10H8Cl2N4O/c1-5-4-7(11)14-9(12)8(5)15-10(17)6-2-3-13-16-6/h2-4H,1H3,(H,13,16)(H,15,17). The van der Waals surface area contributed by atoms with Gasteiger partial charge in [0.15, 0.2) is 5.15 Å². The molecule has 2 N–H and O–H groups in total. The number of hydrogen-bond acceptors (Lipinski definition) is 3. The minimum absolute atomic E-state index is 0.155. The van der Waals surface area contributed by atoms with E-state index in [-0.39, 0.29) is 16.2 Å². The van der Waals surface area contributed by atoms with Crippen molar-refractivity contribution >= 4 is 34.8 Å². The van der Waals surface area contributed by atoms with Crippen LogP contribution in [0.25, 0.3) is 0 Å². The number of hydrogen-bond donors (Lipinski definition) is 2. The van der Waals surface area contributed by atoms with E-state index in [0.29, 0.717) is 11.4 Å². The first-order valence-corrected chi connectivity index (χ1v) is 5.47. The summed E-state index contributed by atoms with van der Waals surface area (Å²) in [6, 6.07) is 3.18. The lowest BCUT2D eigenvalue weighted by atomic mass is 10.2. The minimum Gasteiger partial charge on any atom is -0.318 e. The Labute approximate surface area is 107 Å². The molecule has 5 nitrogen and oxygen atoms in total. The van der Waals surface area contributed by atoms with E-state index in [1.807, 2.05) is 0 Å². The first-order chi connectivity index (χ1) is 8.08. The maximum Gasteiger partial charge on any atom is 0.273 e. The first-order valence-electron chi connectivity index (χ1n) is 4.71. The molecule has 2 heterocycles. The van der Waals surface area contributed by atoms with Gasteiger partial charge < -0.3 is 5.32 Å². The Morgan fingerprint density at radius 3 is 2.82 bits per heavy atom. The lowest BCUT2D eigenvalue weighted by molar-refractivity contribution is 0.102. The van der Waals surface area contributed by atoms with Crippen LogP contribution in [-0.2, 0) is 0 Å². The Kier molecular flexibility index (Phi) is 3.31. The van der Waals surface area contributed by atoms with Gasteiger partial charge in [0.25, 0.3) is 5.91 Å². The number of amides is 1. The summed E-state index contributed by atoms with van der Waals surface area (Å²) in [5.74, 6) is -0.336. The topological polar surface area (TPSA) is 70.7 Å². The molecule has 0 radical (unpaired) electrons. The molecule has 17 heavy (non-hydrogen) atoms. The number of pyridine rings is 1. The van der Waals surface area contributed by atoms with E-state index in [0.717, 1.165) is 5.56 Å². The molecule has 0 aromatic carbocycles. The van der Waals surface area contributed by atoms with Gasteiger partial charge in [-0.05, 0) is 24.6 Å². The quantitative estimate of drug-likeness (QED) is 0.825. The van der Waals surface area contributed by atoms with Gasteiger partial charge in [0.2, 0.25) is 0 Å². The highest BCUT2D eigenvalue weighted by atomic mass is 35.5. The number of H-pyrrole nitrogens is 1. The zero-order valence-electron chi connectivity index (χ0n) is 8.79. The van der Waals surface area contributed by atoms with Crippen LogP contribution in [0.4, 0.5) is 5.69 Å². The van der Waals surface area contributed by atoms with E-state index in [9.17, 15) is 4.79 Å². The summed E-state index contributed by atoms with van der Waals surface area (Å²) in [7, 11) is 0. The van der Waals surface area contributed by atoms with Crippen LogP contribution >= 0.6 is 23.2 Å². The number of rotatable bonds is 2. The van der Waals surface area contributed by atoms with Gasteiger partial charge in [0, 0.05) is 6.20 Å². The van der Waals surface area contributed by atoms with Gasteiger partial charge in [-0.1, -0.05) is 23.2 Å². The molecule has 0 saturated heterocycles. The van der Waals surface area contributed by atoms with E-state index in [2.05, 4.69) is 20.5 Å². The second-order valence-electron chi connectivity index (χ2n) is 3.35. The highest BCUT2D eigenvalue weighted by Gasteiger charge is 2.13. The van der Waals surface area contributed by atoms with Crippen LogP contribution in [0.3, 0.4) is 0 Å². The monoisotopic (exact) mass is 270 g/mol. The Morgan fingerprint density at radius 1 is 1.47 bits per heavy atom. The Balaban J connectivity index is 2.28. The van der Waals surface area contributed by atoms with Crippen molar-refractivity contribution in [2.24, 2.45) is 0 Å². The number of aromatic nitrogens is 3. The molecule has 0 bridgehead atoms. The SMILES string of the molecule is Cc1cc(Cl)nc(Cl)c1NC(=O)c1ccn[nH]1. The molecule has 0 aliphatic rings. The lowest BCUT2D eigenvalue weighted by Gasteiger charge is -2.09. The van der Waals surface area contributed by atoms with Crippen LogP contribution in [0.2, 0.25) is 10.3 Å². The molecular formula is C10H8Cl2N4O. The molecule has 2 rings (SSSR count). The summed E-state index contributed by atoms with van der Waals surface area (Å²) in [6.45, 7) is 1.78. The molecule has 0 fully saturated rings. The van der Waals surface area contributed by atoms with Gasteiger partial charge in [-0.25, -0.2) is 4.98 Å². The fourth-order valence-electron chi connectivity index (χ4n) is 1.31. The van der Waals surface area contributed by atoms with Gasteiger partial charge >= 0.3 is 0 Å². The zero-order valence-corrected chi connectivity index (χ0v) is 10.3. The van der Waals surface area contributed by atoms with E-state index in [1.54, 1.807) is 19.1 Å². The third kappa shape index (κ3) is 2.57. The lowest BCUT2D eigenvalue weighted by Crippen LogP contribution is -2.14. The predicted octanol–water partition coefficient (Wildman–Crippen LogP) is 2.67. The predicted molar refractivity (Wildman–Crippen MR) is 65.5 cm³/mol. The molecule has 2 aromatic rings. The third-order valence-corrected chi connectivity index (χ3v) is 2.59. The third-order valence-electron chi connectivity index (χ3n) is 2.13.